The average molecular weight is 259 g/mol. The smallest absolute Gasteiger partial charge is 0.255 e. The minimum absolute atomic E-state index is 0.00353. The Morgan fingerprint density at radius 2 is 2.11 bits per heavy atom. The highest BCUT2D eigenvalue weighted by molar-refractivity contribution is 5.94. The van der Waals surface area contributed by atoms with Gasteiger partial charge >= 0.3 is 0 Å². The van der Waals surface area contributed by atoms with Crippen LogP contribution in [0.25, 0.3) is 0 Å². The zero-order valence-electron chi connectivity index (χ0n) is 10.8. The Balaban J connectivity index is 1.98. The second-order valence-electron chi connectivity index (χ2n) is 5.23. The number of anilines is 1. The van der Waals surface area contributed by atoms with Crippen molar-refractivity contribution in [2.75, 3.05) is 11.4 Å². The summed E-state index contributed by atoms with van der Waals surface area (Å²) in [6, 6.07) is 0. The Morgan fingerprint density at radius 1 is 1.32 bits per heavy atom. The molecule has 1 unspecified atom stereocenters. The van der Waals surface area contributed by atoms with Crippen LogP contribution in [0.4, 0.5) is 5.95 Å². The van der Waals surface area contributed by atoms with Crippen LogP contribution in [0.1, 0.15) is 30.5 Å². The molecular weight excluding hydrogens is 242 g/mol. The first-order chi connectivity index (χ1) is 9.19. The summed E-state index contributed by atoms with van der Waals surface area (Å²) >= 11 is 0. The molecule has 1 atom stereocenters. The van der Waals surface area contributed by atoms with Crippen molar-refractivity contribution < 1.29 is 4.79 Å². The van der Waals surface area contributed by atoms with Crippen LogP contribution in [-0.2, 0) is 17.6 Å². The van der Waals surface area contributed by atoms with Crippen LogP contribution in [0.3, 0.4) is 0 Å². The van der Waals surface area contributed by atoms with Gasteiger partial charge in [0, 0.05) is 24.4 Å². The zero-order chi connectivity index (χ0) is 13.4. The number of aromatic amines is 1. The summed E-state index contributed by atoms with van der Waals surface area (Å²) < 4.78 is 0. The third kappa shape index (κ3) is 2.09. The number of carbonyl (C=O) groups is 1. The van der Waals surface area contributed by atoms with Crippen LogP contribution >= 0.6 is 0 Å². The highest BCUT2D eigenvalue weighted by atomic mass is 16.2. The number of fused-ring (bicyclic) bond motifs is 1. The molecule has 2 aliphatic rings. The van der Waals surface area contributed by atoms with Crippen LogP contribution in [0, 0.1) is 5.92 Å². The quantitative estimate of drug-likeness (QED) is 0.811. The van der Waals surface area contributed by atoms with Crippen LogP contribution in [0.5, 0.6) is 0 Å². The summed E-state index contributed by atoms with van der Waals surface area (Å²) in [5, 5.41) is 0. The Hall–Kier alpha value is -1.91. The van der Waals surface area contributed by atoms with E-state index in [4.69, 9.17) is 0 Å². The van der Waals surface area contributed by atoms with Gasteiger partial charge in [0.15, 0.2) is 0 Å². The predicted molar refractivity (Wildman–Crippen MR) is 72.2 cm³/mol. The summed E-state index contributed by atoms with van der Waals surface area (Å²) in [5.74, 6) is 0.553. The van der Waals surface area contributed by atoms with Crippen molar-refractivity contribution in [1.82, 2.24) is 9.97 Å². The number of carbonyl (C=O) groups excluding carboxylic acids is 1. The second kappa shape index (κ2) is 4.64. The van der Waals surface area contributed by atoms with Crippen molar-refractivity contribution in [3.05, 3.63) is 34.3 Å². The van der Waals surface area contributed by atoms with E-state index in [1.807, 2.05) is 0 Å². The van der Waals surface area contributed by atoms with E-state index in [1.165, 1.54) is 0 Å². The standard InChI is InChI=1S/C14H17N3O2/c1-2-9-7-12(18)17(8-9)14-15-11-6-4-3-5-10(11)13(19)16-14/h2,9H,1,3-8H2,(H,15,16,19). The fourth-order valence-electron chi connectivity index (χ4n) is 2.82. The van der Waals surface area contributed by atoms with Gasteiger partial charge in [-0.1, -0.05) is 6.08 Å². The van der Waals surface area contributed by atoms with Crippen LogP contribution in [0.2, 0.25) is 0 Å². The van der Waals surface area contributed by atoms with Gasteiger partial charge in [0.1, 0.15) is 0 Å². The Kier molecular flexibility index (Phi) is 2.97. The molecule has 100 valence electrons. The molecule has 0 radical (unpaired) electrons. The third-order valence-electron chi connectivity index (χ3n) is 3.92. The number of amides is 1. The molecule has 1 amide bonds. The van der Waals surface area contributed by atoms with Gasteiger partial charge in [-0.05, 0) is 25.7 Å². The van der Waals surface area contributed by atoms with Gasteiger partial charge in [0.05, 0.1) is 5.69 Å². The van der Waals surface area contributed by atoms with Gasteiger partial charge in [0.2, 0.25) is 11.9 Å². The van der Waals surface area contributed by atoms with E-state index >= 15 is 0 Å². The first-order valence-corrected chi connectivity index (χ1v) is 6.74. The normalized spacial score (nSPS) is 22.4. The van der Waals surface area contributed by atoms with Crippen molar-refractivity contribution in [3.8, 4) is 0 Å². The number of aromatic nitrogens is 2. The topological polar surface area (TPSA) is 66.1 Å². The van der Waals surface area contributed by atoms with Gasteiger partial charge in [-0.15, -0.1) is 6.58 Å². The molecule has 3 rings (SSSR count). The monoisotopic (exact) mass is 259 g/mol. The molecule has 1 fully saturated rings. The lowest BCUT2D eigenvalue weighted by Gasteiger charge is -2.19. The van der Waals surface area contributed by atoms with Gasteiger partial charge in [-0.3, -0.25) is 19.5 Å². The molecule has 1 aliphatic carbocycles. The zero-order valence-corrected chi connectivity index (χ0v) is 10.8. The minimum atomic E-state index is -0.0884. The molecule has 1 saturated heterocycles. The number of H-pyrrole nitrogens is 1. The van der Waals surface area contributed by atoms with E-state index in [0.29, 0.717) is 18.9 Å². The molecular formula is C14H17N3O2. The van der Waals surface area contributed by atoms with Crippen LogP contribution < -0.4 is 10.5 Å². The molecule has 2 heterocycles. The average Bonchev–Trinajstić information content (AvgIpc) is 2.80. The molecule has 5 heteroatoms. The fraction of sp³-hybridized carbons (Fsp3) is 0.500. The second-order valence-corrected chi connectivity index (χ2v) is 5.23. The largest absolute Gasteiger partial charge is 0.292 e. The lowest BCUT2D eigenvalue weighted by atomic mass is 9.97. The molecule has 1 aromatic rings. The first kappa shape index (κ1) is 12.1. The Labute approximate surface area is 111 Å². The van der Waals surface area contributed by atoms with E-state index in [-0.39, 0.29) is 17.4 Å². The molecule has 1 aromatic heterocycles. The summed E-state index contributed by atoms with van der Waals surface area (Å²) in [6.07, 6.45) is 5.96. The molecule has 1 N–H and O–H groups in total. The van der Waals surface area contributed by atoms with Crippen molar-refractivity contribution in [2.24, 2.45) is 5.92 Å². The Bertz CT molecular complexity index is 591. The number of rotatable bonds is 2. The van der Waals surface area contributed by atoms with Gasteiger partial charge in [-0.25, -0.2) is 4.98 Å². The van der Waals surface area contributed by atoms with Crippen LogP contribution in [-0.4, -0.2) is 22.4 Å². The number of hydrogen-bond acceptors (Lipinski definition) is 3. The summed E-state index contributed by atoms with van der Waals surface area (Å²) in [5.41, 5.74) is 1.57. The lowest BCUT2D eigenvalue weighted by Crippen LogP contribution is -2.31. The van der Waals surface area contributed by atoms with Gasteiger partial charge in [0.25, 0.3) is 5.56 Å². The van der Waals surface area contributed by atoms with Crippen molar-refractivity contribution in [3.63, 3.8) is 0 Å². The lowest BCUT2D eigenvalue weighted by molar-refractivity contribution is -0.117. The number of nitrogens with zero attached hydrogens (tertiary/aromatic N) is 2. The van der Waals surface area contributed by atoms with Crippen molar-refractivity contribution >= 4 is 11.9 Å². The first-order valence-electron chi connectivity index (χ1n) is 6.74. The third-order valence-corrected chi connectivity index (χ3v) is 3.92. The van der Waals surface area contributed by atoms with E-state index in [2.05, 4.69) is 16.5 Å². The maximum Gasteiger partial charge on any atom is 0.255 e. The van der Waals surface area contributed by atoms with Crippen molar-refractivity contribution in [1.29, 1.82) is 0 Å². The SMILES string of the molecule is C=CC1CC(=O)N(c2nc3c(c(=O)[nH]2)CCCC3)C1. The van der Waals surface area contributed by atoms with Crippen molar-refractivity contribution in [2.45, 2.75) is 32.1 Å². The maximum atomic E-state index is 12.0. The summed E-state index contributed by atoms with van der Waals surface area (Å²) in [6.45, 7) is 4.28. The van der Waals surface area contributed by atoms with E-state index in [0.717, 1.165) is 36.9 Å². The number of hydrogen-bond donors (Lipinski definition) is 1. The summed E-state index contributed by atoms with van der Waals surface area (Å²) in [4.78, 5) is 32.8. The fourth-order valence-corrected chi connectivity index (χ4v) is 2.82. The molecule has 5 nitrogen and oxygen atoms in total. The van der Waals surface area contributed by atoms with Gasteiger partial charge < -0.3 is 0 Å². The predicted octanol–water partition coefficient (Wildman–Crippen LogP) is 1.19. The molecule has 1 aliphatic heterocycles. The van der Waals surface area contributed by atoms with Gasteiger partial charge in [-0.2, -0.15) is 0 Å². The number of nitrogens with one attached hydrogen (secondary N) is 1. The van der Waals surface area contributed by atoms with E-state index < -0.39 is 0 Å². The highest BCUT2D eigenvalue weighted by Crippen LogP contribution is 2.24. The molecule has 19 heavy (non-hydrogen) atoms. The number of aryl methyl sites for hydroxylation is 1. The maximum absolute atomic E-state index is 12.0. The molecule has 0 bridgehead atoms. The molecule has 0 aromatic carbocycles. The van der Waals surface area contributed by atoms with E-state index in [9.17, 15) is 9.59 Å². The summed E-state index contributed by atoms with van der Waals surface area (Å²) in [7, 11) is 0. The Morgan fingerprint density at radius 3 is 2.84 bits per heavy atom. The van der Waals surface area contributed by atoms with Crippen LogP contribution in [0.15, 0.2) is 17.4 Å². The molecule has 0 saturated carbocycles. The molecule has 0 spiro atoms. The highest BCUT2D eigenvalue weighted by Gasteiger charge is 2.31. The van der Waals surface area contributed by atoms with E-state index in [1.54, 1.807) is 11.0 Å². The minimum Gasteiger partial charge on any atom is -0.292 e.